The number of rotatable bonds is 11. The van der Waals surface area contributed by atoms with Crippen LogP contribution in [0.2, 0.25) is 0 Å². The number of anilines is 4. The first-order valence-electron chi connectivity index (χ1n) is 13.6. The fourth-order valence-electron chi connectivity index (χ4n) is 5.68. The Balaban J connectivity index is 1.46. The molecule has 0 saturated carbocycles. The number of nitrogens with one attached hydrogen (secondary N) is 2. The monoisotopic (exact) mass is 474 g/mol. The van der Waals surface area contributed by atoms with Crippen LogP contribution in [0.4, 0.5) is 22.7 Å². The number of benzene rings is 4. The molecule has 0 bridgehead atoms. The minimum Gasteiger partial charge on any atom is -0.356 e. The molecule has 2 heteroatoms. The Morgan fingerprint density at radius 3 is 1.50 bits per heavy atom. The molecule has 0 heterocycles. The summed E-state index contributed by atoms with van der Waals surface area (Å²) in [4.78, 5) is 0. The lowest BCUT2D eigenvalue weighted by Gasteiger charge is -2.28. The fraction of sp³-hybridized carbons (Fsp3) is 0.294. The Labute approximate surface area is 216 Å². The molecule has 0 spiro atoms. The molecule has 0 amide bonds. The average Bonchev–Trinajstić information content (AvgIpc) is 3.15. The van der Waals surface area contributed by atoms with Crippen molar-refractivity contribution >= 4 is 22.7 Å². The van der Waals surface area contributed by atoms with Crippen LogP contribution in [0, 0.1) is 0 Å². The lowest BCUT2D eigenvalue weighted by Crippen LogP contribution is -2.21. The highest BCUT2D eigenvalue weighted by molar-refractivity contribution is 5.85. The molecule has 0 saturated heterocycles. The van der Waals surface area contributed by atoms with Gasteiger partial charge in [0.25, 0.3) is 0 Å². The van der Waals surface area contributed by atoms with E-state index in [1.54, 1.807) is 0 Å². The van der Waals surface area contributed by atoms with E-state index in [1.165, 1.54) is 67.2 Å². The quantitative estimate of drug-likeness (QED) is 0.211. The van der Waals surface area contributed by atoms with Crippen molar-refractivity contribution in [2.45, 2.75) is 64.2 Å². The zero-order valence-corrected chi connectivity index (χ0v) is 21.7. The van der Waals surface area contributed by atoms with Crippen LogP contribution >= 0.6 is 0 Å². The Hall–Kier alpha value is -3.52. The smallest absolute Gasteiger partial charge is 0.0387 e. The standard InChI is InChI=1S/C34H38N2/c1-3-4-5-6-7-14-23-34(2)32-24-28(35-26-15-10-8-11-16-26)19-21-30(32)31-22-20-29(25-33(31)34)36-27-17-12-9-13-18-27/h8-13,15-22,24-25,35-36H,3-7,14,23H2,1-2H3. The molecule has 4 aromatic rings. The zero-order chi connectivity index (χ0) is 24.8. The first-order chi connectivity index (χ1) is 17.7. The highest BCUT2D eigenvalue weighted by Gasteiger charge is 2.39. The van der Waals surface area contributed by atoms with Gasteiger partial charge in [-0.15, -0.1) is 0 Å². The summed E-state index contributed by atoms with van der Waals surface area (Å²) in [6.07, 6.45) is 9.09. The Kier molecular flexibility index (Phi) is 7.41. The fourth-order valence-corrected chi connectivity index (χ4v) is 5.68. The maximum absolute atomic E-state index is 3.62. The molecule has 1 aliphatic rings. The van der Waals surface area contributed by atoms with Crippen molar-refractivity contribution < 1.29 is 0 Å². The molecular formula is C34H38N2. The third kappa shape index (κ3) is 5.18. The van der Waals surface area contributed by atoms with Crippen molar-refractivity contribution in [2.24, 2.45) is 0 Å². The second-order valence-corrected chi connectivity index (χ2v) is 10.4. The summed E-state index contributed by atoms with van der Waals surface area (Å²) in [5, 5.41) is 7.24. The molecule has 0 atom stereocenters. The molecule has 0 fully saturated rings. The Morgan fingerprint density at radius 1 is 0.528 bits per heavy atom. The van der Waals surface area contributed by atoms with Crippen molar-refractivity contribution in [1.29, 1.82) is 0 Å². The van der Waals surface area contributed by atoms with E-state index in [-0.39, 0.29) is 5.41 Å². The van der Waals surface area contributed by atoms with Gasteiger partial charge in [-0.25, -0.2) is 0 Å². The van der Waals surface area contributed by atoms with E-state index in [0.29, 0.717) is 0 Å². The molecule has 0 unspecified atom stereocenters. The molecule has 2 nitrogen and oxygen atoms in total. The van der Waals surface area contributed by atoms with Crippen LogP contribution in [-0.4, -0.2) is 0 Å². The highest BCUT2D eigenvalue weighted by Crippen LogP contribution is 2.53. The maximum atomic E-state index is 3.62. The summed E-state index contributed by atoms with van der Waals surface area (Å²) < 4.78 is 0. The highest BCUT2D eigenvalue weighted by atomic mass is 14.9. The largest absolute Gasteiger partial charge is 0.356 e. The summed E-state index contributed by atoms with van der Waals surface area (Å²) >= 11 is 0. The molecular weight excluding hydrogens is 436 g/mol. The van der Waals surface area contributed by atoms with Crippen molar-refractivity contribution in [2.75, 3.05) is 10.6 Å². The van der Waals surface area contributed by atoms with Gasteiger partial charge < -0.3 is 10.6 Å². The minimum atomic E-state index is -0.00181. The van der Waals surface area contributed by atoms with Crippen molar-refractivity contribution in [3.05, 3.63) is 108 Å². The number of hydrogen-bond donors (Lipinski definition) is 2. The lowest BCUT2D eigenvalue weighted by atomic mass is 9.75. The minimum absolute atomic E-state index is 0.00181. The summed E-state index contributed by atoms with van der Waals surface area (Å²) in [6, 6.07) is 34.8. The van der Waals surface area contributed by atoms with Crippen molar-refractivity contribution in [3.63, 3.8) is 0 Å². The van der Waals surface area contributed by atoms with E-state index in [2.05, 4.69) is 122 Å². The van der Waals surface area contributed by atoms with Crippen LogP contribution in [0.25, 0.3) is 11.1 Å². The molecule has 1 aliphatic carbocycles. The van der Waals surface area contributed by atoms with Gasteiger partial charge in [-0.2, -0.15) is 0 Å². The zero-order valence-electron chi connectivity index (χ0n) is 21.7. The van der Waals surface area contributed by atoms with Gasteiger partial charge in [-0.05, 0) is 77.2 Å². The average molecular weight is 475 g/mol. The van der Waals surface area contributed by atoms with Gasteiger partial charge in [0.15, 0.2) is 0 Å². The van der Waals surface area contributed by atoms with Gasteiger partial charge in [0.05, 0.1) is 0 Å². The van der Waals surface area contributed by atoms with E-state index in [4.69, 9.17) is 0 Å². The molecule has 184 valence electrons. The van der Waals surface area contributed by atoms with E-state index < -0.39 is 0 Å². The lowest BCUT2D eigenvalue weighted by molar-refractivity contribution is 0.481. The van der Waals surface area contributed by atoms with Crippen molar-refractivity contribution in [1.82, 2.24) is 0 Å². The third-order valence-corrected chi connectivity index (χ3v) is 7.67. The van der Waals surface area contributed by atoms with E-state index >= 15 is 0 Å². The molecule has 0 aliphatic heterocycles. The molecule has 36 heavy (non-hydrogen) atoms. The molecule has 4 aromatic carbocycles. The summed E-state index contributed by atoms with van der Waals surface area (Å²) in [7, 11) is 0. The number of fused-ring (bicyclic) bond motifs is 3. The van der Waals surface area contributed by atoms with E-state index in [0.717, 1.165) is 22.7 Å². The first-order valence-corrected chi connectivity index (χ1v) is 13.6. The first kappa shape index (κ1) is 24.2. The predicted octanol–water partition coefficient (Wildman–Crippen LogP) is 10.2. The van der Waals surface area contributed by atoms with Crippen LogP contribution < -0.4 is 10.6 Å². The number of hydrogen-bond acceptors (Lipinski definition) is 2. The second-order valence-electron chi connectivity index (χ2n) is 10.4. The second kappa shape index (κ2) is 11.0. The van der Waals surface area contributed by atoms with E-state index in [9.17, 15) is 0 Å². The molecule has 2 N–H and O–H groups in total. The predicted molar refractivity (Wildman–Crippen MR) is 156 cm³/mol. The maximum Gasteiger partial charge on any atom is 0.0387 e. The summed E-state index contributed by atoms with van der Waals surface area (Å²) in [6.45, 7) is 4.75. The Bertz CT molecular complexity index is 1190. The van der Waals surface area contributed by atoms with Crippen LogP contribution in [0.5, 0.6) is 0 Å². The topological polar surface area (TPSA) is 24.1 Å². The van der Waals surface area contributed by atoms with Crippen LogP contribution in [0.15, 0.2) is 97.1 Å². The van der Waals surface area contributed by atoms with Gasteiger partial charge in [0.2, 0.25) is 0 Å². The van der Waals surface area contributed by atoms with Crippen LogP contribution in [-0.2, 0) is 5.41 Å². The number of unbranched alkanes of at least 4 members (excludes halogenated alkanes) is 5. The summed E-state index contributed by atoms with van der Waals surface area (Å²) in [5.41, 5.74) is 10.2. The van der Waals surface area contributed by atoms with Gasteiger partial charge in [-0.3, -0.25) is 0 Å². The number of para-hydroxylation sites is 2. The van der Waals surface area contributed by atoms with Crippen LogP contribution in [0.1, 0.15) is 69.9 Å². The van der Waals surface area contributed by atoms with Gasteiger partial charge >= 0.3 is 0 Å². The van der Waals surface area contributed by atoms with Gasteiger partial charge in [0, 0.05) is 28.2 Å². The van der Waals surface area contributed by atoms with Crippen LogP contribution in [0.3, 0.4) is 0 Å². The molecule has 0 aromatic heterocycles. The normalized spacial score (nSPS) is 13.2. The third-order valence-electron chi connectivity index (χ3n) is 7.67. The Morgan fingerprint density at radius 2 is 1.00 bits per heavy atom. The SMILES string of the molecule is CCCCCCCCC1(C)c2cc(Nc3ccccc3)ccc2-c2ccc(Nc3ccccc3)cc21. The van der Waals surface area contributed by atoms with Crippen molar-refractivity contribution in [3.8, 4) is 11.1 Å². The molecule has 0 radical (unpaired) electrons. The van der Waals surface area contributed by atoms with Gasteiger partial charge in [0.1, 0.15) is 0 Å². The molecule has 5 rings (SSSR count). The van der Waals surface area contributed by atoms with E-state index in [1.807, 2.05) is 0 Å². The van der Waals surface area contributed by atoms with Gasteiger partial charge in [-0.1, -0.05) is 101 Å². The summed E-state index contributed by atoms with van der Waals surface area (Å²) in [5.74, 6) is 0.